The van der Waals surface area contributed by atoms with Crippen molar-refractivity contribution in [3.8, 4) is 0 Å². The molecule has 18 heavy (non-hydrogen) atoms. The van der Waals surface area contributed by atoms with Crippen LogP contribution in [0.5, 0.6) is 0 Å². The predicted molar refractivity (Wildman–Crippen MR) is 64.9 cm³/mol. The van der Waals surface area contributed by atoms with Gasteiger partial charge in [-0.2, -0.15) is 0 Å². The van der Waals surface area contributed by atoms with E-state index in [0.717, 1.165) is 0 Å². The molecule has 0 spiro atoms. The van der Waals surface area contributed by atoms with Gasteiger partial charge in [-0.25, -0.2) is 4.79 Å². The Kier molecular flexibility index (Phi) is 3.60. The lowest BCUT2D eigenvalue weighted by molar-refractivity contribution is -0.145. The molecule has 1 fully saturated rings. The molecule has 1 aliphatic heterocycles. The Hall–Kier alpha value is -1.91. The first-order valence-electron chi connectivity index (χ1n) is 5.93. The van der Waals surface area contributed by atoms with Crippen molar-refractivity contribution in [3.05, 3.63) is 30.1 Å². The maximum Gasteiger partial charge on any atom is 0.328 e. The standard InChI is InChI=1S/C13H16N2O3/c1-9-7-11(13(17)18-2)15(8-9)12(16)10-5-3-4-6-14-10/h3-6,9,11H,7-8H2,1-2H3/t9-,11+/m1/s1. The van der Waals surface area contributed by atoms with Crippen molar-refractivity contribution >= 4 is 11.9 Å². The number of likely N-dealkylation sites (tertiary alicyclic amines) is 1. The Morgan fingerprint density at radius 3 is 2.83 bits per heavy atom. The molecule has 0 bridgehead atoms. The summed E-state index contributed by atoms with van der Waals surface area (Å²) in [4.78, 5) is 29.5. The van der Waals surface area contributed by atoms with Gasteiger partial charge in [0, 0.05) is 12.7 Å². The first-order chi connectivity index (χ1) is 8.63. The number of methoxy groups -OCH3 is 1. The second-order valence-corrected chi connectivity index (χ2v) is 4.55. The van der Waals surface area contributed by atoms with Crippen LogP contribution in [-0.4, -0.2) is 41.5 Å². The van der Waals surface area contributed by atoms with E-state index in [1.165, 1.54) is 7.11 Å². The van der Waals surface area contributed by atoms with Gasteiger partial charge in [0.25, 0.3) is 5.91 Å². The van der Waals surface area contributed by atoms with E-state index in [9.17, 15) is 9.59 Å². The van der Waals surface area contributed by atoms with Gasteiger partial charge < -0.3 is 9.64 Å². The summed E-state index contributed by atoms with van der Waals surface area (Å²) in [6.45, 7) is 2.58. The molecule has 0 radical (unpaired) electrons. The van der Waals surface area contributed by atoms with Gasteiger partial charge in [0.15, 0.2) is 0 Å². The van der Waals surface area contributed by atoms with Gasteiger partial charge in [-0.05, 0) is 24.5 Å². The van der Waals surface area contributed by atoms with E-state index in [-0.39, 0.29) is 11.9 Å². The Bertz CT molecular complexity index is 447. The van der Waals surface area contributed by atoms with E-state index < -0.39 is 6.04 Å². The molecule has 96 valence electrons. The van der Waals surface area contributed by atoms with Crippen LogP contribution < -0.4 is 0 Å². The molecule has 5 heteroatoms. The fourth-order valence-corrected chi connectivity index (χ4v) is 2.27. The van der Waals surface area contributed by atoms with Gasteiger partial charge in [-0.3, -0.25) is 9.78 Å². The zero-order valence-electron chi connectivity index (χ0n) is 10.5. The normalized spacial score (nSPS) is 22.9. The molecule has 2 heterocycles. The van der Waals surface area contributed by atoms with Gasteiger partial charge in [0.05, 0.1) is 7.11 Å². The van der Waals surface area contributed by atoms with Crippen molar-refractivity contribution in [1.82, 2.24) is 9.88 Å². The fraction of sp³-hybridized carbons (Fsp3) is 0.462. The van der Waals surface area contributed by atoms with E-state index in [0.29, 0.717) is 24.6 Å². The van der Waals surface area contributed by atoms with Crippen molar-refractivity contribution in [2.45, 2.75) is 19.4 Å². The van der Waals surface area contributed by atoms with Crippen molar-refractivity contribution in [3.63, 3.8) is 0 Å². The summed E-state index contributed by atoms with van der Waals surface area (Å²) in [5.41, 5.74) is 0.362. The molecule has 1 saturated heterocycles. The van der Waals surface area contributed by atoms with Crippen LogP contribution in [0.15, 0.2) is 24.4 Å². The van der Waals surface area contributed by atoms with Crippen LogP contribution in [0.25, 0.3) is 0 Å². The van der Waals surface area contributed by atoms with Crippen molar-refractivity contribution in [2.75, 3.05) is 13.7 Å². The summed E-state index contributed by atoms with van der Waals surface area (Å²) in [7, 11) is 1.34. The van der Waals surface area contributed by atoms with Gasteiger partial charge in [0.2, 0.25) is 0 Å². The van der Waals surface area contributed by atoms with Crippen LogP contribution >= 0.6 is 0 Å². The molecule has 1 aromatic heterocycles. The molecule has 1 aromatic rings. The van der Waals surface area contributed by atoms with E-state index in [1.54, 1.807) is 29.3 Å². The SMILES string of the molecule is COC(=O)[C@@H]1C[C@@H](C)CN1C(=O)c1ccccn1. The first-order valence-corrected chi connectivity index (χ1v) is 5.93. The third kappa shape index (κ3) is 2.34. The number of amides is 1. The van der Waals surface area contributed by atoms with Crippen LogP contribution in [-0.2, 0) is 9.53 Å². The molecule has 1 aliphatic rings. The summed E-state index contributed by atoms with van der Waals surface area (Å²) >= 11 is 0. The zero-order valence-corrected chi connectivity index (χ0v) is 10.5. The van der Waals surface area contributed by atoms with E-state index >= 15 is 0 Å². The maximum absolute atomic E-state index is 12.3. The number of carbonyl (C=O) groups excluding carboxylic acids is 2. The second-order valence-electron chi connectivity index (χ2n) is 4.55. The van der Waals surface area contributed by atoms with Gasteiger partial charge in [0.1, 0.15) is 11.7 Å². The average molecular weight is 248 g/mol. The Morgan fingerprint density at radius 2 is 2.22 bits per heavy atom. The molecule has 2 rings (SSSR count). The number of nitrogens with zero attached hydrogens (tertiary/aromatic N) is 2. The summed E-state index contributed by atoms with van der Waals surface area (Å²) in [6.07, 6.45) is 2.21. The summed E-state index contributed by atoms with van der Waals surface area (Å²) in [5, 5.41) is 0. The molecule has 0 aliphatic carbocycles. The summed E-state index contributed by atoms with van der Waals surface area (Å²) in [6, 6.07) is 4.67. The van der Waals surface area contributed by atoms with E-state index in [2.05, 4.69) is 4.98 Å². The summed E-state index contributed by atoms with van der Waals surface area (Å²) < 4.78 is 4.75. The van der Waals surface area contributed by atoms with Crippen LogP contribution in [0.1, 0.15) is 23.8 Å². The number of hydrogen-bond acceptors (Lipinski definition) is 4. The highest BCUT2D eigenvalue weighted by molar-refractivity contribution is 5.95. The minimum absolute atomic E-state index is 0.213. The predicted octanol–water partition coefficient (Wildman–Crippen LogP) is 1.11. The quantitative estimate of drug-likeness (QED) is 0.735. The number of hydrogen-bond donors (Lipinski definition) is 0. The van der Waals surface area contributed by atoms with E-state index in [4.69, 9.17) is 4.74 Å². The number of ether oxygens (including phenoxy) is 1. The molecule has 1 amide bonds. The maximum atomic E-state index is 12.3. The highest BCUT2D eigenvalue weighted by atomic mass is 16.5. The highest BCUT2D eigenvalue weighted by Gasteiger charge is 2.39. The lowest BCUT2D eigenvalue weighted by Crippen LogP contribution is -2.41. The number of rotatable bonds is 2. The number of pyridine rings is 1. The molecule has 0 unspecified atom stereocenters. The molecule has 5 nitrogen and oxygen atoms in total. The lowest BCUT2D eigenvalue weighted by Gasteiger charge is -2.22. The molecule has 2 atom stereocenters. The first kappa shape index (κ1) is 12.5. The third-order valence-corrected chi connectivity index (χ3v) is 3.13. The van der Waals surface area contributed by atoms with Gasteiger partial charge in [-0.15, -0.1) is 0 Å². The number of carbonyl (C=O) groups is 2. The van der Waals surface area contributed by atoms with Crippen LogP contribution in [0.2, 0.25) is 0 Å². The molecular weight excluding hydrogens is 232 g/mol. The minimum atomic E-state index is -0.487. The van der Waals surface area contributed by atoms with Crippen LogP contribution in [0.3, 0.4) is 0 Å². The largest absolute Gasteiger partial charge is 0.467 e. The Balaban J connectivity index is 2.21. The summed E-state index contributed by atoms with van der Waals surface area (Å²) in [5.74, 6) is -0.277. The topological polar surface area (TPSA) is 59.5 Å². The zero-order chi connectivity index (χ0) is 13.1. The third-order valence-electron chi connectivity index (χ3n) is 3.13. The molecule has 0 aromatic carbocycles. The van der Waals surface area contributed by atoms with E-state index in [1.807, 2.05) is 6.92 Å². The lowest BCUT2D eigenvalue weighted by atomic mass is 10.1. The molecule has 0 saturated carbocycles. The second kappa shape index (κ2) is 5.16. The Labute approximate surface area is 106 Å². The number of esters is 1. The van der Waals surface area contributed by atoms with Crippen molar-refractivity contribution < 1.29 is 14.3 Å². The highest BCUT2D eigenvalue weighted by Crippen LogP contribution is 2.25. The van der Waals surface area contributed by atoms with Gasteiger partial charge >= 0.3 is 5.97 Å². The average Bonchev–Trinajstić information content (AvgIpc) is 2.80. The Morgan fingerprint density at radius 1 is 1.44 bits per heavy atom. The van der Waals surface area contributed by atoms with Crippen molar-refractivity contribution in [2.24, 2.45) is 5.92 Å². The molecular formula is C13H16N2O3. The van der Waals surface area contributed by atoms with Crippen LogP contribution in [0.4, 0.5) is 0 Å². The smallest absolute Gasteiger partial charge is 0.328 e. The van der Waals surface area contributed by atoms with Gasteiger partial charge in [-0.1, -0.05) is 13.0 Å². The fourth-order valence-electron chi connectivity index (χ4n) is 2.27. The minimum Gasteiger partial charge on any atom is -0.467 e. The number of aromatic nitrogens is 1. The monoisotopic (exact) mass is 248 g/mol. The molecule has 0 N–H and O–H groups in total. The van der Waals surface area contributed by atoms with Crippen molar-refractivity contribution in [1.29, 1.82) is 0 Å². The van der Waals surface area contributed by atoms with Crippen LogP contribution in [0, 0.1) is 5.92 Å².